The van der Waals surface area contributed by atoms with Crippen molar-refractivity contribution in [2.45, 2.75) is 6.04 Å². The van der Waals surface area contributed by atoms with E-state index >= 15 is 0 Å². The zero-order valence-electron chi connectivity index (χ0n) is 16.4. The van der Waals surface area contributed by atoms with Crippen LogP contribution in [0.25, 0.3) is 0 Å². The zero-order valence-corrected chi connectivity index (χ0v) is 19.5. The average molecular weight is 523 g/mol. The van der Waals surface area contributed by atoms with E-state index in [0.29, 0.717) is 58.4 Å². The molecule has 2 saturated heterocycles. The second-order valence-corrected chi connectivity index (χ2v) is 9.14. The molecule has 1 atom stereocenters. The topological polar surface area (TPSA) is 60.9 Å². The van der Waals surface area contributed by atoms with Crippen molar-refractivity contribution in [1.82, 2.24) is 14.7 Å². The Balaban J connectivity index is 1.37. The van der Waals surface area contributed by atoms with Crippen LogP contribution in [0.2, 0.25) is 5.02 Å². The minimum atomic E-state index is -0.364. The van der Waals surface area contributed by atoms with Gasteiger partial charge in [0.15, 0.2) is 5.78 Å². The van der Waals surface area contributed by atoms with Gasteiger partial charge < -0.3 is 9.80 Å². The third-order valence-corrected chi connectivity index (χ3v) is 6.95. The fraction of sp³-hybridized carbons (Fsp3) is 0.318. The Kier molecular flexibility index (Phi) is 6.54. The largest absolute Gasteiger partial charge is 0.336 e. The summed E-state index contributed by atoms with van der Waals surface area (Å²) in [7, 11) is 0. The molecular formula is C22H18BrCl2N3O3. The zero-order chi connectivity index (χ0) is 22.1. The summed E-state index contributed by atoms with van der Waals surface area (Å²) in [5.41, 5.74) is 6.34. The van der Waals surface area contributed by atoms with E-state index in [2.05, 4.69) is 32.3 Å². The number of likely N-dealkylation sites (tertiary alicyclic amines) is 1. The van der Waals surface area contributed by atoms with Gasteiger partial charge in [0.05, 0.1) is 18.2 Å². The molecule has 0 radical (unpaired) electrons. The van der Waals surface area contributed by atoms with Crippen LogP contribution in [0.5, 0.6) is 0 Å². The van der Waals surface area contributed by atoms with Crippen LogP contribution in [0.15, 0.2) is 56.9 Å². The lowest BCUT2D eigenvalue weighted by Crippen LogP contribution is -2.54. The van der Waals surface area contributed by atoms with Crippen molar-refractivity contribution in [2.24, 2.45) is 0 Å². The lowest BCUT2D eigenvalue weighted by molar-refractivity contribution is -0.128. The molecule has 9 heteroatoms. The Hall–Kier alpha value is -2.11. The molecule has 0 unspecified atom stereocenters. The monoisotopic (exact) mass is 521 g/mol. The Morgan fingerprint density at radius 3 is 2.29 bits per heavy atom. The third kappa shape index (κ3) is 4.73. The number of Topliss-reactive ketones (excluding diaryl/α,β-unsaturated/α-hetero) is 1. The molecule has 160 valence electrons. The van der Waals surface area contributed by atoms with Gasteiger partial charge in [-0.1, -0.05) is 28.9 Å². The summed E-state index contributed by atoms with van der Waals surface area (Å²) >= 11 is 15.1. The van der Waals surface area contributed by atoms with Gasteiger partial charge >= 0.3 is 0 Å². The summed E-state index contributed by atoms with van der Waals surface area (Å²) < 4.78 is 0.555. The van der Waals surface area contributed by atoms with E-state index in [1.165, 1.54) is 4.90 Å². The van der Waals surface area contributed by atoms with Crippen molar-refractivity contribution in [3.05, 3.63) is 67.5 Å². The minimum Gasteiger partial charge on any atom is -0.336 e. The summed E-state index contributed by atoms with van der Waals surface area (Å²) in [6, 6.07) is 6.45. The maximum atomic E-state index is 12.8. The van der Waals surface area contributed by atoms with E-state index in [1.807, 2.05) is 0 Å². The molecule has 0 saturated carbocycles. The highest BCUT2D eigenvalue weighted by Crippen LogP contribution is 2.25. The number of ketones is 1. The van der Waals surface area contributed by atoms with Crippen molar-refractivity contribution < 1.29 is 14.4 Å². The summed E-state index contributed by atoms with van der Waals surface area (Å²) in [5.74, 6) is -0.324. The van der Waals surface area contributed by atoms with Crippen LogP contribution < -0.4 is 0 Å². The lowest BCUT2D eigenvalue weighted by atomic mass is 10.1. The molecule has 0 aromatic heterocycles. The standard InChI is InChI=1S/C22H18BrCl2N3O3/c23-17-11-15(3-6-18(17)25)22(31)28-12-19(20(29)13-28)26-7-9-27(10-8-26)21(30)14-1-4-16(24)5-2-14/h1-2,4-5,11,19H,7-10,12-13H2/t19-/m1/s1. The van der Waals surface area contributed by atoms with Gasteiger partial charge in [-0.25, -0.2) is 0 Å². The molecule has 2 amide bonds. The van der Waals surface area contributed by atoms with Crippen LogP contribution in [0.3, 0.4) is 0 Å². The molecule has 1 aromatic rings. The predicted octanol–water partition coefficient (Wildman–Crippen LogP) is 2.97. The average Bonchev–Trinajstić information content (AvgIpc) is 3.17. The van der Waals surface area contributed by atoms with E-state index in [0.717, 1.165) is 0 Å². The van der Waals surface area contributed by atoms with Gasteiger partial charge in [-0.15, -0.1) is 0 Å². The highest BCUT2D eigenvalue weighted by atomic mass is 79.9. The normalized spacial score (nSPS) is 21.7. The highest BCUT2D eigenvalue weighted by Gasteiger charge is 2.39. The maximum absolute atomic E-state index is 12.8. The first-order valence-corrected chi connectivity index (χ1v) is 11.3. The number of benzene rings is 1. The van der Waals surface area contributed by atoms with Crippen molar-refractivity contribution in [3.63, 3.8) is 0 Å². The number of allylic oxidation sites excluding steroid dienone is 2. The minimum absolute atomic E-state index is 0.00263. The highest BCUT2D eigenvalue weighted by molar-refractivity contribution is 9.12. The quantitative estimate of drug-likeness (QED) is 0.573. The summed E-state index contributed by atoms with van der Waals surface area (Å²) in [5, 5.41) is 0.930. The van der Waals surface area contributed by atoms with Crippen molar-refractivity contribution in [1.29, 1.82) is 0 Å². The Labute approximate surface area is 198 Å². The van der Waals surface area contributed by atoms with Crippen molar-refractivity contribution >= 4 is 56.7 Å². The number of rotatable bonds is 3. The molecule has 2 fully saturated rings. The smallest absolute Gasteiger partial charge is 0.262 e. The number of amides is 2. The van der Waals surface area contributed by atoms with Crippen LogP contribution in [-0.4, -0.2) is 77.6 Å². The molecule has 2 aliphatic heterocycles. The van der Waals surface area contributed by atoms with E-state index in [4.69, 9.17) is 23.2 Å². The van der Waals surface area contributed by atoms with Crippen LogP contribution in [0.1, 0.15) is 10.4 Å². The first-order chi connectivity index (χ1) is 14.8. The van der Waals surface area contributed by atoms with Gasteiger partial charge in [0.2, 0.25) is 0 Å². The molecule has 6 nitrogen and oxygen atoms in total. The number of hydrogen-bond donors (Lipinski definition) is 0. The van der Waals surface area contributed by atoms with Crippen molar-refractivity contribution in [3.8, 4) is 0 Å². The van der Waals surface area contributed by atoms with Crippen molar-refractivity contribution in [2.75, 3.05) is 39.3 Å². The number of piperazine rings is 1. The maximum Gasteiger partial charge on any atom is 0.262 e. The Bertz CT molecular complexity index is 1080. The van der Waals surface area contributed by atoms with Gasteiger partial charge in [-0.3, -0.25) is 19.3 Å². The van der Waals surface area contributed by atoms with Gasteiger partial charge in [0, 0.05) is 47.8 Å². The molecular weight excluding hydrogens is 505 g/mol. The molecule has 3 aliphatic rings. The summed E-state index contributed by atoms with van der Waals surface area (Å²) in [6.07, 6.45) is 1.58. The first-order valence-electron chi connectivity index (χ1n) is 9.73. The second-order valence-electron chi connectivity index (χ2n) is 7.47. The van der Waals surface area contributed by atoms with Gasteiger partial charge in [0.25, 0.3) is 11.8 Å². The van der Waals surface area contributed by atoms with Crippen LogP contribution in [0, 0.1) is 0 Å². The van der Waals surface area contributed by atoms with Crippen LogP contribution in [-0.2, 0) is 9.59 Å². The summed E-state index contributed by atoms with van der Waals surface area (Å²) in [4.78, 5) is 43.4. The number of carbonyl (C=O) groups excluding carboxylic acids is 3. The fourth-order valence-electron chi connectivity index (χ4n) is 3.85. The molecule has 1 aliphatic carbocycles. The fourth-order valence-corrected chi connectivity index (χ4v) is 4.40. The molecule has 0 N–H and O–H groups in total. The molecule has 0 spiro atoms. The third-order valence-electron chi connectivity index (χ3n) is 5.55. The molecule has 31 heavy (non-hydrogen) atoms. The van der Waals surface area contributed by atoms with E-state index < -0.39 is 0 Å². The SMILES string of the molecule is O=C1CN(C(=O)C2=C=C=C(Cl)C(Br)=C2)C[C@H]1N1CCN(C(=O)c2ccc(Cl)cc2)CC1. The van der Waals surface area contributed by atoms with Crippen LogP contribution in [0.4, 0.5) is 0 Å². The van der Waals surface area contributed by atoms with Crippen LogP contribution >= 0.6 is 39.1 Å². The Morgan fingerprint density at radius 2 is 1.65 bits per heavy atom. The van der Waals surface area contributed by atoms with Gasteiger partial charge in [0.1, 0.15) is 5.03 Å². The van der Waals surface area contributed by atoms with E-state index in [1.54, 1.807) is 35.2 Å². The van der Waals surface area contributed by atoms with Gasteiger partial charge in [-0.2, -0.15) is 0 Å². The molecule has 2 heterocycles. The van der Waals surface area contributed by atoms with E-state index in [9.17, 15) is 14.4 Å². The lowest BCUT2D eigenvalue weighted by Gasteiger charge is -2.37. The number of nitrogens with zero attached hydrogens (tertiary/aromatic N) is 3. The second kappa shape index (κ2) is 9.17. The number of carbonyl (C=O) groups is 3. The first kappa shape index (κ1) is 22.1. The van der Waals surface area contributed by atoms with E-state index in [-0.39, 0.29) is 30.2 Å². The Morgan fingerprint density at radius 1 is 0.968 bits per heavy atom. The number of hydrogen-bond acceptors (Lipinski definition) is 4. The summed E-state index contributed by atoms with van der Waals surface area (Å²) in [6.45, 7) is 2.56. The predicted molar refractivity (Wildman–Crippen MR) is 121 cm³/mol. The molecule has 1 aromatic carbocycles. The number of halogens is 3. The van der Waals surface area contributed by atoms with Gasteiger partial charge in [-0.05, 0) is 52.0 Å². The molecule has 0 bridgehead atoms. The molecule has 4 rings (SSSR count).